The molecule has 0 amide bonds. The molecule has 1 rings (SSSR count). The summed E-state index contributed by atoms with van der Waals surface area (Å²) >= 11 is 0. The Kier molecular flexibility index (Phi) is 12.2. The monoisotopic (exact) mass is 466 g/mol. The third-order valence-electron chi connectivity index (χ3n) is 1.71. The fraction of sp³-hybridized carbons (Fsp3) is 0.286. The van der Waals surface area contributed by atoms with Crippen molar-refractivity contribution in [1.82, 2.24) is 0 Å². The molecule has 1 aromatic rings. The van der Waals surface area contributed by atoms with E-state index in [0.717, 1.165) is 18.1 Å². The van der Waals surface area contributed by atoms with Gasteiger partial charge < -0.3 is 19.7 Å². The molecule has 0 unspecified atom stereocenters. The molecule has 0 heterocycles. The van der Waals surface area contributed by atoms with Crippen LogP contribution in [0.15, 0.2) is 30.0 Å². The zero-order valence-electron chi connectivity index (χ0n) is 11.8. The Labute approximate surface area is 138 Å². The van der Waals surface area contributed by atoms with Crippen LogP contribution in [0, 0.1) is 13.0 Å². The summed E-state index contributed by atoms with van der Waals surface area (Å²) in [5.41, 5.74) is 1.86. The molecule has 2 radical (unpaired) electrons. The van der Waals surface area contributed by atoms with Gasteiger partial charge in [-0.1, -0.05) is 29.8 Å². The number of aliphatic hydroxyl groups excluding tert-OH is 1. The molecule has 6 heteroatoms. The number of aliphatic hydroxyl groups is 1. The van der Waals surface area contributed by atoms with Crippen LogP contribution in [-0.2, 0) is 42.0 Å². The molecule has 0 fully saturated rings. The van der Waals surface area contributed by atoms with Crippen LogP contribution >= 0.6 is 0 Å². The largest absolute Gasteiger partial charge is 1.00 e. The van der Waals surface area contributed by atoms with Crippen molar-refractivity contribution in [2.24, 2.45) is 0 Å². The number of carboxylic acids is 1. The molecule has 0 atom stereocenters. The molecule has 1 aromatic carbocycles. The minimum absolute atomic E-state index is 0. The number of carbonyl (C=O) groups excluding carboxylic acids is 2. The van der Waals surface area contributed by atoms with Crippen LogP contribution in [-0.4, -0.2) is 23.7 Å². The average molecular weight is 465 g/mol. The predicted molar refractivity (Wildman–Crippen MR) is 66.6 cm³/mol. The summed E-state index contributed by atoms with van der Waals surface area (Å²) in [5, 5.41) is 17.8. The normalized spacial score (nSPS) is 9.70. The predicted octanol–water partition coefficient (Wildman–Crippen LogP) is 0.339. The molecule has 0 aliphatic carbocycles. The number of ether oxygens (including phenoxy) is 1. The molecule has 20 heavy (non-hydrogen) atoms. The summed E-state index contributed by atoms with van der Waals surface area (Å²) < 4.78 is 4.76. The van der Waals surface area contributed by atoms with Crippen LogP contribution in [0.3, 0.4) is 0 Å². The van der Waals surface area contributed by atoms with E-state index in [-0.39, 0.29) is 40.0 Å². The quantitative estimate of drug-likeness (QED) is 0.396. The van der Waals surface area contributed by atoms with Gasteiger partial charge in [-0.15, -0.1) is 0 Å². The molecule has 0 aliphatic rings. The fourth-order valence-corrected chi connectivity index (χ4v) is 1.15. The topological polar surface area (TPSA) is 86.7 Å². The van der Waals surface area contributed by atoms with E-state index in [2.05, 4.69) is 6.08 Å². The van der Waals surface area contributed by atoms with Crippen molar-refractivity contribution < 1.29 is 52.2 Å². The molecule has 0 saturated carbocycles. The second-order valence-electron chi connectivity index (χ2n) is 3.66. The SMILES string of the molecule is CC(=O)OC(=[C]c1cccc(C)c1)CO.CC(=O)[O-].[Hg+]. The molecule has 1 N–H and O–H groups in total. The van der Waals surface area contributed by atoms with Gasteiger partial charge in [0.15, 0.2) is 0 Å². The maximum atomic E-state index is 10.7. The summed E-state index contributed by atoms with van der Waals surface area (Å²) in [6.07, 6.45) is 2.82. The van der Waals surface area contributed by atoms with E-state index < -0.39 is 11.9 Å². The first-order valence-electron chi connectivity index (χ1n) is 5.51. The first-order valence-corrected chi connectivity index (χ1v) is 5.51. The molecular formula is C14H16HgO5. The number of rotatable bonds is 3. The van der Waals surface area contributed by atoms with E-state index in [4.69, 9.17) is 19.7 Å². The van der Waals surface area contributed by atoms with Crippen LogP contribution in [0.1, 0.15) is 25.0 Å². The molecule has 104 valence electrons. The Balaban J connectivity index is 0. The third kappa shape index (κ3) is 11.9. The van der Waals surface area contributed by atoms with Gasteiger partial charge in [-0.2, -0.15) is 0 Å². The maximum Gasteiger partial charge on any atom is 1.00 e. The van der Waals surface area contributed by atoms with Gasteiger partial charge in [0.25, 0.3) is 0 Å². The van der Waals surface area contributed by atoms with E-state index in [9.17, 15) is 4.79 Å². The second kappa shape index (κ2) is 11.6. The standard InChI is InChI=1S/C12H13O3.C2H4O2.Hg/c1-9-4-3-5-11(6-9)7-12(8-13)15-10(2)14;1-2(3)4;/h3-6,13H,8H2,1-2H3;1H3,(H,3,4);/q;;+1/p-1. The molecule has 5 nitrogen and oxygen atoms in total. The first kappa shape index (κ1) is 21.1. The van der Waals surface area contributed by atoms with Gasteiger partial charge in [-0.05, 0) is 19.4 Å². The van der Waals surface area contributed by atoms with Crippen LogP contribution in [0.2, 0.25) is 0 Å². The molecule has 0 spiro atoms. The Bertz CT molecular complexity index is 464. The maximum absolute atomic E-state index is 10.7. The van der Waals surface area contributed by atoms with Crippen molar-refractivity contribution in [3.8, 4) is 0 Å². The number of hydrogen-bond acceptors (Lipinski definition) is 5. The average Bonchev–Trinajstić information content (AvgIpc) is 2.26. The van der Waals surface area contributed by atoms with Crippen molar-refractivity contribution >= 4 is 11.9 Å². The van der Waals surface area contributed by atoms with Crippen molar-refractivity contribution in [2.75, 3.05) is 6.61 Å². The number of aryl methyl sites for hydroxylation is 1. The van der Waals surface area contributed by atoms with E-state index >= 15 is 0 Å². The van der Waals surface area contributed by atoms with Crippen molar-refractivity contribution in [3.63, 3.8) is 0 Å². The van der Waals surface area contributed by atoms with Crippen molar-refractivity contribution in [2.45, 2.75) is 20.8 Å². The zero-order valence-corrected chi connectivity index (χ0v) is 17.3. The number of hydrogen-bond donors (Lipinski definition) is 1. The van der Waals surface area contributed by atoms with Crippen LogP contribution in [0.5, 0.6) is 0 Å². The van der Waals surface area contributed by atoms with Gasteiger partial charge in [0.1, 0.15) is 12.4 Å². The van der Waals surface area contributed by atoms with E-state index in [1.807, 2.05) is 31.2 Å². The first-order chi connectivity index (χ1) is 8.85. The van der Waals surface area contributed by atoms with E-state index in [1.165, 1.54) is 6.92 Å². The van der Waals surface area contributed by atoms with Crippen molar-refractivity contribution in [1.29, 1.82) is 0 Å². The number of aliphatic carboxylic acids is 1. The summed E-state index contributed by atoms with van der Waals surface area (Å²) in [7, 11) is 0. The molecule has 0 bridgehead atoms. The Morgan fingerprint density at radius 2 is 1.90 bits per heavy atom. The van der Waals surface area contributed by atoms with Crippen LogP contribution in [0.25, 0.3) is 0 Å². The van der Waals surface area contributed by atoms with Gasteiger partial charge in [0, 0.05) is 19.0 Å². The fourth-order valence-electron chi connectivity index (χ4n) is 1.15. The minimum atomic E-state index is -1.08. The van der Waals surface area contributed by atoms with Gasteiger partial charge in [-0.3, -0.25) is 4.79 Å². The van der Waals surface area contributed by atoms with Gasteiger partial charge in [0.2, 0.25) is 0 Å². The Morgan fingerprint density at radius 1 is 1.35 bits per heavy atom. The summed E-state index contributed by atoms with van der Waals surface area (Å²) in [5.74, 6) is -1.41. The third-order valence-corrected chi connectivity index (χ3v) is 1.71. The number of carboxylic acid groups (broad SMARTS) is 1. The minimum Gasteiger partial charge on any atom is -0.550 e. The van der Waals surface area contributed by atoms with Gasteiger partial charge in [0.05, 0.1) is 0 Å². The number of esters is 1. The molecule has 0 aromatic heterocycles. The van der Waals surface area contributed by atoms with E-state index in [1.54, 1.807) is 0 Å². The van der Waals surface area contributed by atoms with Crippen LogP contribution < -0.4 is 5.11 Å². The summed E-state index contributed by atoms with van der Waals surface area (Å²) in [4.78, 5) is 19.6. The zero-order chi connectivity index (χ0) is 14.8. The second-order valence-corrected chi connectivity index (χ2v) is 3.66. The van der Waals surface area contributed by atoms with Crippen LogP contribution in [0.4, 0.5) is 0 Å². The van der Waals surface area contributed by atoms with Crippen molar-refractivity contribution in [3.05, 3.63) is 47.2 Å². The van der Waals surface area contributed by atoms with Gasteiger partial charge in [-0.25, -0.2) is 0 Å². The number of carbonyl (C=O) groups is 2. The molecular weight excluding hydrogens is 449 g/mol. The Morgan fingerprint density at radius 3 is 2.30 bits per heavy atom. The van der Waals surface area contributed by atoms with E-state index in [0.29, 0.717) is 0 Å². The number of benzene rings is 1. The molecule has 0 aliphatic heterocycles. The smallest absolute Gasteiger partial charge is 0.550 e. The molecule has 0 saturated heterocycles. The Hall–Kier alpha value is -1.20. The summed E-state index contributed by atoms with van der Waals surface area (Å²) in [6.45, 7) is 3.87. The van der Waals surface area contributed by atoms with Gasteiger partial charge >= 0.3 is 33.6 Å². The summed E-state index contributed by atoms with van der Waals surface area (Å²) in [6, 6.07) is 7.54.